The van der Waals surface area contributed by atoms with Gasteiger partial charge in [-0.15, -0.1) is 0 Å². The third-order valence-electron chi connectivity index (χ3n) is 7.08. The molecule has 6 rings (SSSR count). The van der Waals surface area contributed by atoms with Crippen molar-refractivity contribution >= 4 is 11.4 Å². The van der Waals surface area contributed by atoms with Gasteiger partial charge in [0.05, 0.1) is 0 Å². The van der Waals surface area contributed by atoms with Crippen molar-refractivity contribution in [1.82, 2.24) is 0 Å². The van der Waals surface area contributed by atoms with Gasteiger partial charge in [0.15, 0.2) is 0 Å². The molecule has 0 heterocycles. The first-order valence-electron chi connectivity index (χ1n) is 11.9. The number of nitrogens with one attached hydrogen (secondary N) is 1. The van der Waals surface area contributed by atoms with Gasteiger partial charge in [0.1, 0.15) is 0 Å². The van der Waals surface area contributed by atoms with Crippen molar-refractivity contribution in [1.29, 1.82) is 0 Å². The molecule has 0 amide bonds. The molecule has 34 heavy (non-hydrogen) atoms. The predicted molar refractivity (Wildman–Crippen MR) is 145 cm³/mol. The molecule has 0 bridgehead atoms. The minimum atomic E-state index is -0.0330. The van der Waals surface area contributed by atoms with Crippen molar-refractivity contribution in [2.75, 3.05) is 5.32 Å². The second kappa shape index (κ2) is 8.04. The minimum Gasteiger partial charge on any atom is -0.355 e. The zero-order valence-electron chi connectivity index (χ0n) is 19.5. The van der Waals surface area contributed by atoms with Crippen LogP contribution in [0.3, 0.4) is 0 Å². The minimum absolute atomic E-state index is 0.0330. The van der Waals surface area contributed by atoms with E-state index in [1.165, 1.54) is 44.5 Å². The van der Waals surface area contributed by atoms with E-state index in [1.54, 1.807) is 0 Å². The second-order valence-corrected chi connectivity index (χ2v) is 9.55. The van der Waals surface area contributed by atoms with Crippen LogP contribution in [0.2, 0.25) is 0 Å². The lowest BCUT2D eigenvalue weighted by molar-refractivity contribution is 0.660. The molecule has 1 nitrogen and oxygen atoms in total. The van der Waals surface area contributed by atoms with Crippen LogP contribution in [0.4, 0.5) is 11.4 Å². The highest BCUT2D eigenvalue weighted by Gasteiger charge is 2.36. The smallest absolute Gasteiger partial charge is 0.0467 e. The molecule has 1 aliphatic carbocycles. The molecule has 1 aliphatic rings. The zero-order chi connectivity index (χ0) is 23.1. The van der Waals surface area contributed by atoms with E-state index in [4.69, 9.17) is 0 Å². The molecule has 164 valence electrons. The summed E-state index contributed by atoms with van der Waals surface area (Å²) in [4.78, 5) is 0. The fraction of sp³-hybridized carbons (Fsp3) is 0.0909. The maximum atomic E-state index is 3.74. The average Bonchev–Trinajstić information content (AvgIpc) is 3.11. The van der Waals surface area contributed by atoms with E-state index >= 15 is 0 Å². The van der Waals surface area contributed by atoms with Gasteiger partial charge in [-0.2, -0.15) is 0 Å². The molecule has 0 aromatic heterocycles. The van der Waals surface area contributed by atoms with Gasteiger partial charge in [-0.05, 0) is 63.2 Å². The van der Waals surface area contributed by atoms with E-state index in [0.717, 1.165) is 11.4 Å². The summed E-state index contributed by atoms with van der Waals surface area (Å²) >= 11 is 0. The van der Waals surface area contributed by atoms with E-state index in [-0.39, 0.29) is 5.41 Å². The first kappa shape index (κ1) is 20.5. The Labute approximate surface area is 201 Å². The lowest BCUT2D eigenvalue weighted by Crippen LogP contribution is -2.15. The summed E-state index contributed by atoms with van der Waals surface area (Å²) in [7, 11) is 0. The standard InChI is InChI=1S/C33H27N/c1-33(2)30-16-10-9-15-27(30)29-21-28(25-13-7-4-8-14-25)32(22-31(29)33)34-26-19-17-24(18-20-26)23-11-5-3-6-12-23/h3-22,34H,1-2H3. The number of hydrogen-bond donors (Lipinski definition) is 1. The number of anilines is 2. The van der Waals surface area contributed by atoms with Crippen LogP contribution in [0.25, 0.3) is 33.4 Å². The molecular formula is C33H27N. The normalized spacial score (nSPS) is 13.2. The Morgan fingerprint density at radius 3 is 1.76 bits per heavy atom. The summed E-state index contributed by atoms with van der Waals surface area (Å²) in [5, 5.41) is 3.74. The Morgan fingerprint density at radius 2 is 1.06 bits per heavy atom. The Kier molecular flexibility index (Phi) is 4.85. The maximum absolute atomic E-state index is 3.74. The Bertz CT molecular complexity index is 1460. The Hall–Kier alpha value is -4.10. The number of fused-ring (bicyclic) bond motifs is 3. The number of benzene rings is 5. The molecule has 5 aromatic carbocycles. The molecule has 0 saturated heterocycles. The Morgan fingerprint density at radius 1 is 0.471 bits per heavy atom. The fourth-order valence-corrected chi connectivity index (χ4v) is 5.24. The van der Waals surface area contributed by atoms with Crippen molar-refractivity contribution in [3.8, 4) is 33.4 Å². The first-order chi connectivity index (χ1) is 16.6. The lowest BCUT2D eigenvalue weighted by Gasteiger charge is -2.23. The highest BCUT2D eigenvalue weighted by Crippen LogP contribution is 2.51. The van der Waals surface area contributed by atoms with E-state index in [2.05, 4.69) is 140 Å². The highest BCUT2D eigenvalue weighted by molar-refractivity contribution is 5.91. The molecule has 0 saturated carbocycles. The van der Waals surface area contributed by atoms with E-state index < -0.39 is 0 Å². The molecule has 0 aliphatic heterocycles. The highest BCUT2D eigenvalue weighted by atomic mass is 14.9. The van der Waals surface area contributed by atoms with Gasteiger partial charge >= 0.3 is 0 Å². The zero-order valence-corrected chi connectivity index (χ0v) is 19.5. The van der Waals surface area contributed by atoms with E-state index in [1.807, 2.05) is 0 Å². The molecule has 0 fully saturated rings. The van der Waals surface area contributed by atoms with E-state index in [0.29, 0.717) is 0 Å². The molecule has 0 atom stereocenters. The monoisotopic (exact) mass is 437 g/mol. The van der Waals surface area contributed by atoms with Gasteiger partial charge < -0.3 is 5.32 Å². The fourth-order valence-electron chi connectivity index (χ4n) is 5.24. The molecular weight excluding hydrogens is 410 g/mol. The molecule has 5 aromatic rings. The van der Waals surface area contributed by atoms with Gasteiger partial charge in [-0.1, -0.05) is 111 Å². The van der Waals surface area contributed by atoms with Crippen molar-refractivity contribution < 1.29 is 0 Å². The van der Waals surface area contributed by atoms with Crippen molar-refractivity contribution in [3.05, 3.63) is 132 Å². The Balaban J connectivity index is 1.45. The summed E-state index contributed by atoms with van der Waals surface area (Å²) in [5.41, 5.74) is 12.5. The van der Waals surface area contributed by atoms with Gasteiger partial charge in [0.25, 0.3) is 0 Å². The predicted octanol–water partition coefficient (Wildman–Crippen LogP) is 9.07. The topological polar surface area (TPSA) is 12.0 Å². The SMILES string of the molecule is CC1(C)c2ccccc2-c2cc(-c3ccccc3)c(Nc3ccc(-c4ccccc4)cc3)cc21. The van der Waals surface area contributed by atoms with Crippen molar-refractivity contribution in [2.24, 2.45) is 0 Å². The van der Waals surface area contributed by atoms with Crippen LogP contribution >= 0.6 is 0 Å². The van der Waals surface area contributed by atoms with E-state index in [9.17, 15) is 0 Å². The average molecular weight is 438 g/mol. The summed E-state index contributed by atoms with van der Waals surface area (Å²) < 4.78 is 0. The van der Waals surface area contributed by atoms with Crippen LogP contribution in [0.1, 0.15) is 25.0 Å². The third kappa shape index (κ3) is 3.41. The van der Waals surface area contributed by atoms with Crippen LogP contribution in [-0.2, 0) is 5.41 Å². The van der Waals surface area contributed by atoms with Crippen LogP contribution in [-0.4, -0.2) is 0 Å². The third-order valence-corrected chi connectivity index (χ3v) is 7.08. The lowest BCUT2D eigenvalue weighted by atomic mass is 9.82. The molecule has 0 radical (unpaired) electrons. The van der Waals surface area contributed by atoms with Crippen molar-refractivity contribution in [2.45, 2.75) is 19.3 Å². The summed E-state index contributed by atoms with van der Waals surface area (Å²) in [6, 6.07) is 43.5. The largest absolute Gasteiger partial charge is 0.355 e. The number of hydrogen-bond acceptors (Lipinski definition) is 1. The first-order valence-corrected chi connectivity index (χ1v) is 11.9. The number of rotatable bonds is 4. The van der Waals surface area contributed by atoms with Crippen LogP contribution in [0, 0.1) is 0 Å². The van der Waals surface area contributed by atoms with Gasteiger partial charge in [-0.25, -0.2) is 0 Å². The van der Waals surface area contributed by atoms with Gasteiger partial charge in [0, 0.05) is 22.4 Å². The van der Waals surface area contributed by atoms with Crippen LogP contribution in [0.15, 0.2) is 121 Å². The van der Waals surface area contributed by atoms with Crippen LogP contribution in [0.5, 0.6) is 0 Å². The molecule has 0 spiro atoms. The van der Waals surface area contributed by atoms with Gasteiger partial charge in [0.2, 0.25) is 0 Å². The maximum Gasteiger partial charge on any atom is 0.0467 e. The van der Waals surface area contributed by atoms with Gasteiger partial charge in [-0.3, -0.25) is 0 Å². The van der Waals surface area contributed by atoms with Crippen LogP contribution < -0.4 is 5.32 Å². The molecule has 1 N–H and O–H groups in total. The molecule has 1 heteroatoms. The summed E-state index contributed by atoms with van der Waals surface area (Å²) in [6.07, 6.45) is 0. The summed E-state index contributed by atoms with van der Waals surface area (Å²) in [6.45, 7) is 4.66. The second-order valence-electron chi connectivity index (χ2n) is 9.55. The quantitative estimate of drug-likeness (QED) is 0.296. The molecule has 0 unspecified atom stereocenters. The summed E-state index contributed by atoms with van der Waals surface area (Å²) in [5.74, 6) is 0. The van der Waals surface area contributed by atoms with Crippen molar-refractivity contribution in [3.63, 3.8) is 0 Å².